The van der Waals surface area contributed by atoms with E-state index in [0.29, 0.717) is 24.5 Å². The molecule has 31 heavy (non-hydrogen) atoms. The Hall–Kier alpha value is -2.75. The second-order valence-corrected chi connectivity index (χ2v) is 7.63. The summed E-state index contributed by atoms with van der Waals surface area (Å²) in [6, 6.07) is 14.3. The Bertz CT molecular complexity index is 750. The van der Waals surface area contributed by atoms with Crippen molar-refractivity contribution in [2.24, 2.45) is 0 Å². The van der Waals surface area contributed by atoms with Crippen molar-refractivity contribution in [1.82, 2.24) is 0 Å². The van der Waals surface area contributed by atoms with E-state index >= 15 is 0 Å². The monoisotopic (exact) mass is 424 g/mol. The Labute approximate surface area is 187 Å². The minimum Gasteiger partial charge on any atom is -0.494 e. The Kier molecular flexibility index (Phi) is 12.0. The topological polar surface area (TPSA) is 44.8 Å². The van der Waals surface area contributed by atoms with Gasteiger partial charge in [0.15, 0.2) is 0 Å². The van der Waals surface area contributed by atoms with Crippen LogP contribution in [0.15, 0.2) is 61.2 Å². The minimum atomic E-state index is -0.386. The summed E-state index contributed by atoms with van der Waals surface area (Å²) in [6.07, 6.45) is 12.3. The molecule has 0 aliphatic rings. The molecule has 4 heteroatoms. The molecule has 0 aliphatic carbocycles. The summed E-state index contributed by atoms with van der Waals surface area (Å²) in [5.74, 6) is 1.67. The number of carbonyl (C=O) groups is 1. The molecule has 0 aromatic heterocycles. The van der Waals surface area contributed by atoms with Crippen molar-refractivity contribution in [2.75, 3.05) is 13.2 Å². The molecule has 0 spiro atoms. The van der Waals surface area contributed by atoms with Crippen LogP contribution in [-0.4, -0.2) is 19.2 Å². The lowest BCUT2D eigenvalue weighted by atomic mass is 10.1. The number of hydrogen-bond acceptors (Lipinski definition) is 4. The number of hydrogen-bond donors (Lipinski definition) is 0. The van der Waals surface area contributed by atoms with Gasteiger partial charge in [-0.1, -0.05) is 45.1 Å². The molecule has 0 saturated heterocycles. The summed E-state index contributed by atoms with van der Waals surface area (Å²) in [6.45, 7) is 7.32. The molecule has 0 unspecified atom stereocenters. The Morgan fingerprint density at radius 3 is 1.84 bits per heavy atom. The number of benzene rings is 2. The highest BCUT2D eigenvalue weighted by molar-refractivity contribution is 5.91. The first-order valence-electron chi connectivity index (χ1n) is 11.5. The molecule has 0 atom stereocenters. The normalized spacial score (nSPS) is 10.5. The van der Waals surface area contributed by atoms with Crippen molar-refractivity contribution in [3.63, 3.8) is 0 Å². The molecule has 0 radical (unpaired) electrons. The van der Waals surface area contributed by atoms with E-state index in [2.05, 4.69) is 13.5 Å². The van der Waals surface area contributed by atoms with E-state index in [1.807, 2.05) is 30.3 Å². The van der Waals surface area contributed by atoms with Crippen LogP contribution in [0.2, 0.25) is 0 Å². The first kappa shape index (κ1) is 24.5. The number of allylic oxidation sites excluding steroid dienone is 1. The van der Waals surface area contributed by atoms with Gasteiger partial charge in [0.25, 0.3) is 0 Å². The van der Waals surface area contributed by atoms with E-state index in [1.54, 1.807) is 24.3 Å². The average Bonchev–Trinajstić information content (AvgIpc) is 2.80. The van der Waals surface area contributed by atoms with Gasteiger partial charge in [-0.05, 0) is 74.2 Å². The lowest BCUT2D eigenvalue weighted by molar-refractivity contribution is 0.0734. The van der Waals surface area contributed by atoms with Gasteiger partial charge in [0.05, 0.1) is 18.8 Å². The third-order valence-electron chi connectivity index (χ3n) is 4.96. The van der Waals surface area contributed by atoms with E-state index in [1.165, 1.54) is 32.1 Å². The molecular formula is C27H36O4. The highest BCUT2D eigenvalue weighted by atomic mass is 16.5. The predicted octanol–water partition coefficient (Wildman–Crippen LogP) is 7.38. The second-order valence-electron chi connectivity index (χ2n) is 7.63. The molecule has 0 heterocycles. The Morgan fingerprint density at radius 1 is 0.742 bits per heavy atom. The van der Waals surface area contributed by atoms with Crippen LogP contribution in [0.1, 0.15) is 75.1 Å². The molecule has 0 aliphatic heterocycles. The zero-order valence-corrected chi connectivity index (χ0v) is 18.8. The van der Waals surface area contributed by atoms with Crippen molar-refractivity contribution in [1.29, 1.82) is 0 Å². The van der Waals surface area contributed by atoms with Crippen LogP contribution in [0.5, 0.6) is 17.2 Å². The summed E-state index contributed by atoms with van der Waals surface area (Å²) in [5, 5.41) is 0. The molecule has 168 valence electrons. The molecule has 2 aromatic carbocycles. The third-order valence-corrected chi connectivity index (χ3v) is 4.96. The average molecular weight is 425 g/mol. The van der Waals surface area contributed by atoms with Crippen LogP contribution in [0.4, 0.5) is 0 Å². The van der Waals surface area contributed by atoms with Crippen LogP contribution in [0, 0.1) is 0 Å². The highest BCUT2D eigenvalue weighted by Crippen LogP contribution is 2.20. The number of esters is 1. The van der Waals surface area contributed by atoms with Gasteiger partial charge < -0.3 is 14.2 Å². The van der Waals surface area contributed by atoms with E-state index in [4.69, 9.17) is 14.2 Å². The Morgan fingerprint density at radius 2 is 1.26 bits per heavy atom. The number of ether oxygens (including phenoxy) is 3. The summed E-state index contributed by atoms with van der Waals surface area (Å²) in [5.41, 5.74) is 0.495. The molecule has 0 N–H and O–H groups in total. The maximum Gasteiger partial charge on any atom is 0.343 e. The fourth-order valence-corrected chi connectivity index (χ4v) is 3.11. The standard InChI is InChI=1S/C27H36O4/c1-3-5-7-9-10-12-22-30-25-17-19-26(20-18-25)31-27(28)23-13-15-24(16-14-23)29-21-11-8-6-4-2/h3,13-20H,1,4-12,21-22H2,2H3. The van der Waals surface area contributed by atoms with E-state index in [0.717, 1.165) is 37.2 Å². The molecule has 2 aromatic rings. The summed E-state index contributed by atoms with van der Waals surface area (Å²) < 4.78 is 16.9. The number of carbonyl (C=O) groups excluding carboxylic acids is 1. The molecule has 4 nitrogen and oxygen atoms in total. The quantitative estimate of drug-likeness (QED) is 0.122. The van der Waals surface area contributed by atoms with Gasteiger partial charge in [-0.15, -0.1) is 6.58 Å². The molecule has 0 saturated carbocycles. The molecule has 0 bridgehead atoms. The van der Waals surface area contributed by atoms with Crippen LogP contribution in [-0.2, 0) is 0 Å². The van der Waals surface area contributed by atoms with Gasteiger partial charge in [-0.2, -0.15) is 0 Å². The maximum absolute atomic E-state index is 12.4. The van der Waals surface area contributed by atoms with Crippen molar-refractivity contribution in [2.45, 2.75) is 64.7 Å². The van der Waals surface area contributed by atoms with E-state index in [-0.39, 0.29) is 5.97 Å². The van der Waals surface area contributed by atoms with Crippen molar-refractivity contribution < 1.29 is 19.0 Å². The fraction of sp³-hybridized carbons (Fsp3) is 0.444. The minimum absolute atomic E-state index is 0.386. The first-order chi connectivity index (χ1) is 15.2. The molecule has 0 amide bonds. The number of unbranched alkanes of at least 4 members (excludes halogenated alkanes) is 7. The van der Waals surface area contributed by atoms with Gasteiger partial charge >= 0.3 is 5.97 Å². The molecule has 0 fully saturated rings. The predicted molar refractivity (Wildman–Crippen MR) is 126 cm³/mol. The van der Waals surface area contributed by atoms with Gasteiger partial charge in [-0.25, -0.2) is 4.79 Å². The summed E-state index contributed by atoms with van der Waals surface area (Å²) in [7, 11) is 0. The van der Waals surface area contributed by atoms with Crippen molar-refractivity contribution >= 4 is 5.97 Å². The maximum atomic E-state index is 12.4. The summed E-state index contributed by atoms with van der Waals surface area (Å²) >= 11 is 0. The lowest BCUT2D eigenvalue weighted by Gasteiger charge is -2.09. The largest absolute Gasteiger partial charge is 0.494 e. The Balaban J connectivity index is 1.69. The van der Waals surface area contributed by atoms with Gasteiger partial charge in [0, 0.05) is 0 Å². The van der Waals surface area contributed by atoms with Gasteiger partial charge in [0.2, 0.25) is 0 Å². The van der Waals surface area contributed by atoms with E-state index in [9.17, 15) is 4.79 Å². The van der Waals surface area contributed by atoms with Gasteiger partial charge in [-0.3, -0.25) is 0 Å². The number of rotatable bonds is 16. The first-order valence-corrected chi connectivity index (χ1v) is 11.5. The molecule has 2 rings (SSSR count). The second kappa shape index (κ2) is 15.1. The van der Waals surface area contributed by atoms with Crippen molar-refractivity contribution in [3.05, 3.63) is 66.7 Å². The SMILES string of the molecule is C=CCCCCCCOc1ccc(OC(=O)c2ccc(OCCCCCC)cc2)cc1. The van der Waals surface area contributed by atoms with E-state index < -0.39 is 0 Å². The summed E-state index contributed by atoms with van der Waals surface area (Å²) in [4.78, 5) is 12.4. The van der Waals surface area contributed by atoms with Crippen LogP contribution in [0.3, 0.4) is 0 Å². The third kappa shape index (κ3) is 10.2. The fourth-order valence-electron chi connectivity index (χ4n) is 3.11. The molecular weight excluding hydrogens is 388 g/mol. The van der Waals surface area contributed by atoms with Crippen LogP contribution < -0.4 is 14.2 Å². The zero-order valence-electron chi connectivity index (χ0n) is 18.8. The zero-order chi connectivity index (χ0) is 22.2. The van der Waals surface area contributed by atoms with Crippen molar-refractivity contribution in [3.8, 4) is 17.2 Å². The highest BCUT2D eigenvalue weighted by Gasteiger charge is 2.09. The smallest absolute Gasteiger partial charge is 0.343 e. The lowest BCUT2D eigenvalue weighted by Crippen LogP contribution is -2.08. The van der Waals surface area contributed by atoms with Crippen LogP contribution in [0.25, 0.3) is 0 Å². The van der Waals surface area contributed by atoms with Crippen LogP contribution >= 0.6 is 0 Å². The van der Waals surface area contributed by atoms with Gasteiger partial charge in [0.1, 0.15) is 17.2 Å².